The van der Waals surface area contributed by atoms with Gasteiger partial charge in [-0.2, -0.15) is 0 Å². The van der Waals surface area contributed by atoms with E-state index in [1.807, 2.05) is 0 Å². The van der Waals surface area contributed by atoms with Crippen molar-refractivity contribution in [1.29, 1.82) is 0 Å². The number of guanidine groups is 1. The van der Waals surface area contributed by atoms with E-state index in [-0.39, 0.29) is 29.4 Å². The fraction of sp³-hybridized carbons (Fsp3) is 0.842. The lowest BCUT2D eigenvalue weighted by Gasteiger charge is -2.52. The van der Waals surface area contributed by atoms with Gasteiger partial charge in [-0.05, 0) is 19.8 Å². The Kier molecular flexibility index (Phi) is 10.6. The number of unbranched alkanes of at least 4 members (excludes halogenated alkanes) is 1. The van der Waals surface area contributed by atoms with Crippen molar-refractivity contribution in [2.45, 2.75) is 79.0 Å². The topological polar surface area (TPSA) is 76.4 Å². The van der Waals surface area contributed by atoms with E-state index in [1.165, 1.54) is 6.42 Å². The standard InChI is InChI=1S/C19H36N6O.HI/c1-6-9-12-26-16-13-15(19(16,4)5)23-18(20-8-3)21-10-11-25-14-22-24-17(25)7-2;/h14-16H,6-13H2,1-5H3,(H2,20,21,23);1H. The van der Waals surface area contributed by atoms with E-state index in [2.05, 4.69) is 60.0 Å². The second-order valence-electron chi connectivity index (χ2n) is 7.52. The molecule has 1 aromatic rings. The minimum absolute atomic E-state index is 0. The largest absolute Gasteiger partial charge is 0.378 e. The molecule has 0 bridgehead atoms. The molecule has 8 heteroatoms. The van der Waals surface area contributed by atoms with Gasteiger partial charge in [0.1, 0.15) is 12.2 Å². The quantitative estimate of drug-likeness (QED) is 0.227. The van der Waals surface area contributed by atoms with E-state index < -0.39 is 0 Å². The van der Waals surface area contributed by atoms with Crippen LogP contribution in [-0.4, -0.2) is 52.6 Å². The molecule has 2 atom stereocenters. The smallest absolute Gasteiger partial charge is 0.191 e. The molecule has 0 amide bonds. The first-order chi connectivity index (χ1) is 12.5. The molecule has 1 aliphatic carbocycles. The Hall–Kier alpha value is -0.900. The van der Waals surface area contributed by atoms with Crippen molar-refractivity contribution in [3.8, 4) is 0 Å². The molecule has 0 aromatic carbocycles. The Morgan fingerprint density at radius 1 is 1.37 bits per heavy atom. The number of ether oxygens (including phenoxy) is 1. The van der Waals surface area contributed by atoms with E-state index in [4.69, 9.17) is 9.73 Å². The van der Waals surface area contributed by atoms with Crippen LogP contribution >= 0.6 is 24.0 Å². The lowest BCUT2D eigenvalue weighted by molar-refractivity contribution is -0.113. The zero-order valence-corrected chi connectivity index (χ0v) is 19.8. The van der Waals surface area contributed by atoms with Gasteiger partial charge in [-0.25, -0.2) is 0 Å². The number of halogens is 1. The van der Waals surface area contributed by atoms with Crippen molar-refractivity contribution >= 4 is 29.9 Å². The van der Waals surface area contributed by atoms with Gasteiger partial charge in [0.05, 0.1) is 12.6 Å². The highest BCUT2D eigenvalue weighted by Gasteiger charge is 2.49. The van der Waals surface area contributed by atoms with E-state index in [9.17, 15) is 0 Å². The summed E-state index contributed by atoms with van der Waals surface area (Å²) < 4.78 is 8.11. The molecule has 7 nitrogen and oxygen atoms in total. The number of aryl methyl sites for hydroxylation is 1. The maximum atomic E-state index is 6.04. The van der Waals surface area contributed by atoms with Gasteiger partial charge in [0, 0.05) is 37.6 Å². The van der Waals surface area contributed by atoms with Crippen molar-refractivity contribution in [3.05, 3.63) is 12.2 Å². The number of aliphatic imine (C=N–C) groups is 1. The summed E-state index contributed by atoms with van der Waals surface area (Å²) in [5, 5.41) is 15.0. The molecule has 1 aliphatic rings. The van der Waals surface area contributed by atoms with Gasteiger partial charge in [-0.3, -0.25) is 4.99 Å². The summed E-state index contributed by atoms with van der Waals surface area (Å²) in [7, 11) is 0. The molecule has 0 saturated heterocycles. The van der Waals surface area contributed by atoms with Crippen LogP contribution < -0.4 is 10.6 Å². The predicted octanol–water partition coefficient (Wildman–Crippen LogP) is 3.00. The maximum Gasteiger partial charge on any atom is 0.191 e. The van der Waals surface area contributed by atoms with Crippen molar-refractivity contribution < 1.29 is 4.74 Å². The summed E-state index contributed by atoms with van der Waals surface area (Å²) in [5.41, 5.74) is 0.119. The van der Waals surface area contributed by atoms with Crippen LogP contribution in [0.15, 0.2) is 11.3 Å². The third kappa shape index (κ3) is 6.58. The minimum atomic E-state index is 0. The number of hydrogen-bond donors (Lipinski definition) is 2. The molecule has 2 N–H and O–H groups in total. The zero-order valence-electron chi connectivity index (χ0n) is 17.5. The number of rotatable bonds is 10. The third-order valence-electron chi connectivity index (χ3n) is 5.27. The molecule has 0 aliphatic heterocycles. The summed E-state index contributed by atoms with van der Waals surface area (Å²) in [5.74, 6) is 1.88. The van der Waals surface area contributed by atoms with Crippen LogP contribution in [0.2, 0.25) is 0 Å². The summed E-state index contributed by atoms with van der Waals surface area (Å²) in [6.45, 7) is 14.1. The zero-order chi connectivity index (χ0) is 19.0. The predicted molar refractivity (Wildman–Crippen MR) is 121 cm³/mol. The molecule has 0 radical (unpaired) electrons. The summed E-state index contributed by atoms with van der Waals surface area (Å²) in [6, 6.07) is 0.382. The van der Waals surface area contributed by atoms with Gasteiger partial charge in [0.25, 0.3) is 0 Å². The molecule has 1 aromatic heterocycles. The Labute approximate surface area is 181 Å². The first-order valence-electron chi connectivity index (χ1n) is 10.1. The van der Waals surface area contributed by atoms with Gasteiger partial charge < -0.3 is 19.9 Å². The van der Waals surface area contributed by atoms with Crippen molar-refractivity contribution in [1.82, 2.24) is 25.4 Å². The Morgan fingerprint density at radius 3 is 2.78 bits per heavy atom. The second-order valence-corrected chi connectivity index (χ2v) is 7.52. The highest BCUT2D eigenvalue weighted by Crippen LogP contribution is 2.42. The van der Waals surface area contributed by atoms with Crippen LogP contribution in [0.1, 0.15) is 59.7 Å². The molecular weight excluding hydrogens is 455 g/mol. The van der Waals surface area contributed by atoms with E-state index in [1.54, 1.807) is 6.33 Å². The van der Waals surface area contributed by atoms with Gasteiger partial charge in [0.2, 0.25) is 0 Å². The fourth-order valence-corrected chi connectivity index (χ4v) is 3.28. The average molecular weight is 492 g/mol. The van der Waals surface area contributed by atoms with Crippen molar-refractivity contribution in [2.24, 2.45) is 10.4 Å². The second kappa shape index (κ2) is 11.8. The maximum absolute atomic E-state index is 6.04. The highest BCUT2D eigenvalue weighted by atomic mass is 127. The number of nitrogens with zero attached hydrogens (tertiary/aromatic N) is 4. The molecule has 1 heterocycles. The van der Waals surface area contributed by atoms with Crippen LogP contribution in [0.5, 0.6) is 0 Å². The SMILES string of the molecule is CCCCOC1CC(NC(=NCCn2cnnc2CC)NCC)C1(C)C.I. The van der Waals surface area contributed by atoms with Gasteiger partial charge in [-0.1, -0.05) is 34.1 Å². The fourth-order valence-electron chi connectivity index (χ4n) is 3.28. The first-order valence-corrected chi connectivity index (χ1v) is 10.1. The summed E-state index contributed by atoms with van der Waals surface area (Å²) in [4.78, 5) is 4.73. The van der Waals surface area contributed by atoms with Crippen LogP contribution in [0.25, 0.3) is 0 Å². The van der Waals surface area contributed by atoms with Gasteiger partial charge in [0.15, 0.2) is 5.96 Å². The molecule has 1 saturated carbocycles. The Bertz CT molecular complexity index is 574. The van der Waals surface area contributed by atoms with Crippen LogP contribution in [0, 0.1) is 5.41 Å². The molecule has 2 unspecified atom stereocenters. The third-order valence-corrected chi connectivity index (χ3v) is 5.27. The summed E-state index contributed by atoms with van der Waals surface area (Å²) in [6.07, 6.45) is 6.35. The first kappa shape index (κ1) is 24.1. The van der Waals surface area contributed by atoms with E-state index in [0.29, 0.717) is 18.7 Å². The number of hydrogen-bond acceptors (Lipinski definition) is 4. The normalized spacial score (nSPS) is 21.3. The molecule has 27 heavy (non-hydrogen) atoms. The van der Waals surface area contributed by atoms with Crippen molar-refractivity contribution in [2.75, 3.05) is 19.7 Å². The lowest BCUT2D eigenvalue weighted by Crippen LogP contribution is -2.63. The summed E-state index contributed by atoms with van der Waals surface area (Å²) >= 11 is 0. The average Bonchev–Trinajstić information content (AvgIpc) is 3.07. The Balaban J connectivity index is 0.00000364. The van der Waals surface area contributed by atoms with Gasteiger partial charge in [-0.15, -0.1) is 34.2 Å². The lowest BCUT2D eigenvalue weighted by atomic mass is 9.64. The monoisotopic (exact) mass is 492 g/mol. The number of aromatic nitrogens is 3. The van der Waals surface area contributed by atoms with E-state index in [0.717, 1.165) is 50.7 Å². The van der Waals surface area contributed by atoms with Gasteiger partial charge >= 0.3 is 0 Å². The molecule has 2 rings (SSSR count). The Morgan fingerprint density at radius 2 is 2.15 bits per heavy atom. The molecule has 1 fully saturated rings. The molecule has 156 valence electrons. The van der Waals surface area contributed by atoms with Crippen LogP contribution in [0.3, 0.4) is 0 Å². The molecule has 0 spiro atoms. The highest BCUT2D eigenvalue weighted by molar-refractivity contribution is 14.0. The van der Waals surface area contributed by atoms with Crippen LogP contribution in [0.4, 0.5) is 0 Å². The number of nitrogens with one attached hydrogen (secondary N) is 2. The van der Waals surface area contributed by atoms with E-state index >= 15 is 0 Å². The van der Waals surface area contributed by atoms with Crippen LogP contribution in [-0.2, 0) is 17.7 Å². The minimum Gasteiger partial charge on any atom is -0.378 e. The molecular formula is C19H37IN6O. The van der Waals surface area contributed by atoms with Crippen molar-refractivity contribution in [3.63, 3.8) is 0 Å².